The zero-order chi connectivity index (χ0) is 29.4. The molecule has 0 bridgehead atoms. The Hall–Kier alpha value is -3.60. The second-order valence-corrected chi connectivity index (χ2v) is 10.4. The van der Waals surface area contributed by atoms with Crippen molar-refractivity contribution in [2.24, 2.45) is 0 Å². The molecule has 3 aromatic carbocycles. The van der Waals surface area contributed by atoms with Gasteiger partial charge in [-0.15, -0.1) is 0 Å². The number of carboxylic acids is 1. The van der Waals surface area contributed by atoms with E-state index >= 15 is 0 Å². The molecule has 1 aliphatic rings. The first kappa shape index (κ1) is 30.4. The Morgan fingerprint density at radius 2 is 1.61 bits per heavy atom. The Labute approximate surface area is 240 Å². The molecule has 0 saturated carbocycles. The molecule has 1 aliphatic heterocycles. The van der Waals surface area contributed by atoms with Crippen molar-refractivity contribution >= 4 is 17.6 Å². The predicted octanol–water partition coefficient (Wildman–Crippen LogP) is 4.58. The molecule has 9 nitrogen and oxygen atoms in total. The van der Waals surface area contributed by atoms with Crippen LogP contribution in [0.25, 0.3) is 0 Å². The molecule has 1 fully saturated rings. The fraction of sp³-hybridized carbons (Fsp3) is 0.375. The maximum Gasteiger partial charge on any atom is 0.303 e. The molecule has 4 N–H and O–H groups in total. The van der Waals surface area contributed by atoms with E-state index in [4.69, 9.17) is 14.6 Å². The number of amides is 1. The molecule has 1 amide bonds. The van der Waals surface area contributed by atoms with Gasteiger partial charge in [0, 0.05) is 36.7 Å². The van der Waals surface area contributed by atoms with Crippen LogP contribution in [0.5, 0.6) is 0 Å². The highest BCUT2D eigenvalue weighted by molar-refractivity contribution is 5.92. The number of aliphatic carboxylic acids is 1. The number of nitrogens with zero attached hydrogens (tertiary/aromatic N) is 1. The second kappa shape index (κ2) is 14.3. The van der Waals surface area contributed by atoms with Gasteiger partial charge in [0.2, 0.25) is 5.91 Å². The van der Waals surface area contributed by atoms with Crippen LogP contribution in [0, 0.1) is 0 Å². The average Bonchev–Trinajstić information content (AvgIpc) is 3.00. The lowest BCUT2D eigenvalue weighted by molar-refractivity contribution is -0.253. The fourth-order valence-electron chi connectivity index (χ4n) is 4.86. The number of nitrogens with one attached hydrogen (secondary N) is 1. The lowest BCUT2D eigenvalue weighted by atomic mass is 9.98. The SMILES string of the molecule is C[C@H]([C@@H](O)c1ccccc1)N(C)C[C@H]1C[C@@H](c2ccc(CO)cc2)O[C@@H](c2ccc(NC(=O)CCC(=O)O)cc2)O1. The van der Waals surface area contributed by atoms with E-state index < -0.39 is 18.4 Å². The first-order chi connectivity index (χ1) is 19.7. The number of carbonyl (C=O) groups is 2. The molecule has 0 aromatic heterocycles. The summed E-state index contributed by atoms with van der Waals surface area (Å²) in [6, 6.07) is 24.2. The van der Waals surface area contributed by atoms with Crippen LogP contribution in [-0.2, 0) is 25.7 Å². The summed E-state index contributed by atoms with van der Waals surface area (Å²) in [5.41, 5.74) is 3.97. The van der Waals surface area contributed by atoms with E-state index in [-0.39, 0.29) is 43.6 Å². The number of ether oxygens (including phenoxy) is 2. The van der Waals surface area contributed by atoms with E-state index in [0.29, 0.717) is 18.7 Å². The van der Waals surface area contributed by atoms with E-state index in [1.54, 1.807) is 12.1 Å². The van der Waals surface area contributed by atoms with Crippen molar-refractivity contribution in [1.29, 1.82) is 0 Å². The Balaban J connectivity index is 1.48. The van der Waals surface area contributed by atoms with Crippen LogP contribution in [0.4, 0.5) is 5.69 Å². The number of aliphatic hydroxyl groups is 2. The highest BCUT2D eigenvalue weighted by Gasteiger charge is 2.34. The summed E-state index contributed by atoms with van der Waals surface area (Å²) < 4.78 is 12.8. The van der Waals surface area contributed by atoms with Crippen molar-refractivity contribution < 1.29 is 34.4 Å². The van der Waals surface area contributed by atoms with Gasteiger partial charge in [-0.05, 0) is 42.8 Å². The average molecular weight is 563 g/mol. The normalized spacial score (nSPS) is 20.4. The van der Waals surface area contributed by atoms with E-state index in [9.17, 15) is 19.8 Å². The number of aliphatic hydroxyl groups excluding tert-OH is 2. The zero-order valence-electron chi connectivity index (χ0n) is 23.3. The van der Waals surface area contributed by atoms with Crippen molar-refractivity contribution in [1.82, 2.24) is 4.90 Å². The van der Waals surface area contributed by atoms with Crippen LogP contribution in [-0.4, -0.2) is 57.8 Å². The lowest BCUT2D eigenvalue weighted by Crippen LogP contribution is -2.43. The summed E-state index contributed by atoms with van der Waals surface area (Å²) in [5, 5.41) is 31.9. The van der Waals surface area contributed by atoms with Gasteiger partial charge in [0.15, 0.2) is 6.29 Å². The van der Waals surface area contributed by atoms with Gasteiger partial charge >= 0.3 is 5.97 Å². The molecule has 218 valence electrons. The Bertz CT molecular complexity index is 1270. The maximum atomic E-state index is 12.0. The molecule has 0 unspecified atom stereocenters. The van der Waals surface area contributed by atoms with Crippen LogP contribution in [0.1, 0.15) is 66.9 Å². The van der Waals surface area contributed by atoms with Crippen molar-refractivity contribution in [3.63, 3.8) is 0 Å². The third kappa shape index (κ3) is 8.45. The standard InChI is InChI=1S/C32H38N2O7/c1-21(31(39)24-6-4-3-5-7-24)34(2)19-27-18-28(23-10-8-22(20-35)9-11-23)41-32(40-27)25-12-14-26(15-13-25)33-29(36)16-17-30(37)38/h3-15,21,27-28,31-32,35,39H,16-20H2,1-2H3,(H,33,36)(H,37,38)/t21-,27-,28+,31-,32+/m1/s1. The van der Waals surface area contributed by atoms with Crippen molar-refractivity contribution in [2.75, 3.05) is 18.9 Å². The van der Waals surface area contributed by atoms with Crippen LogP contribution >= 0.6 is 0 Å². The number of carboxylic acid groups (broad SMARTS) is 1. The monoisotopic (exact) mass is 562 g/mol. The highest BCUT2D eigenvalue weighted by Crippen LogP contribution is 2.38. The molecule has 4 rings (SSSR count). The number of carbonyl (C=O) groups excluding carboxylic acids is 1. The number of hydrogen-bond donors (Lipinski definition) is 4. The lowest BCUT2D eigenvalue weighted by Gasteiger charge is -2.39. The third-order valence-corrected chi connectivity index (χ3v) is 7.43. The molecular formula is C32H38N2O7. The quantitative estimate of drug-likeness (QED) is 0.253. The molecule has 9 heteroatoms. The van der Waals surface area contributed by atoms with Gasteiger partial charge in [0.25, 0.3) is 0 Å². The summed E-state index contributed by atoms with van der Waals surface area (Å²) in [7, 11) is 1.97. The molecule has 0 aliphatic carbocycles. The Morgan fingerprint density at radius 1 is 0.951 bits per heavy atom. The summed E-state index contributed by atoms with van der Waals surface area (Å²) in [4.78, 5) is 24.8. The van der Waals surface area contributed by atoms with Crippen molar-refractivity contribution in [3.8, 4) is 0 Å². The summed E-state index contributed by atoms with van der Waals surface area (Å²) in [6.45, 7) is 2.52. The van der Waals surface area contributed by atoms with E-state index in [1.807, 2.05) is 80.7 Å². The molecule has 41 heavy (non-hydrogen) atoms. The van der Waals surface area contributed by atoms with Gasteiger partial charge < -0.3 is 30.1 Å². The fourth-order valence-corrected chi connectivity index (χ4v) is 4.86. The first-order valence-corrected chi connectivity index (χ1v) is 13.8. The van der Waals surface area contributed by atoms with Crippen molar-refractivity contribution in [2.45, 2.75) is 63.4 Å². The molecule has 5 atom stereocenters. The molecular weight excluding hydrogens is 524 g/mol. The number of benzene rings is 3. The largest absolute Gasteiger partial charge is 0.481 e. The van der Waals surface area contributed by atoms with Gasteiger partial charge in [-0.3, -0.25) is 14.5 Å². The third-order valence-electron chi connectivity index (χ3n) is 7.43. The van der Waals surface area contributed by atoms with Gasteiger partial charge in [-0.1, -0.05) is 66.7 Å². The minimum atomic E-state index is -1.02. The van der Waals surface area contributed by atoms with Gasteiger partial charge in [0.05, 0.1) is 31.3 Å². The molecule has 1 heterocycles. The minimum absolute atomic E-state index is 0.0359. The van der Waals surface area contributed by atoms with Gasteiger partial charge in [0.1, 0.15) is 0 Å². The number of hydrogen-bond acceptors (Lipinski definition) is 7. The second-order valence-electron chi connectivity index (χ2n) is 10.4. The molecule has 3 aromatic rings. The summed E-state index contributed by atoms with van der Waals surface area (Å²) >= 11 is 0. The predicted molar refractivity (Wildman–Crippen MR) is 154 cm³/mol. The van der Waals surface area contributed by atoms with Crippen molar-refractivity contribution in [3.05, 3.63) is 101 Å². The summed E-state index contributed by atoms with van der Waals surface area (Å²) in [5.74, 6) is -1.39. The maximum absolute atomic E-state index is 12.0. The van der Waals surface area contributed by atoms with E-state index in [1.165, 1.54) is 0 Å². The van der Waals surface area contributed by atoms with E-state index in [2.05, 4.69) is 10.2 Å². The molecule has 0 spiro atoms. The molecule has 1 saturated heterocycles. The number of anilines is 1. The van der Waals surface area contributed by atoms with Crippen LogP contribution < -0.4 is 5.32 Å². The Kier molecular flexibility index (Phi) is 10.6. The minimum Gasteiger partial charge on any atom is -0.481 e. The van der Waals surface area contributed by atoms with Crippen LogP contribution in [0.3, 0.4) is 0 Å². The number of likely N-dealkylation sites (N-methyl/N-ethyl adjacent to an activating group) is 1. The van der Waals surface area contributed by atoms with Gasteiger partial charge in [-0.2, -0.15) is 0 Å². The van der Waals surface area contributed by atoms with Gasteiger partial charge in [-0.25, -0.2) is 0 Å². The summed E-state index contributed by atoms with van der Waals surface area (Å²) in [6.07, 6.45) is -1.52. The first-order valence-electron chi connectivity index (χ1n) is 13.8. The van der Waals surface area contributed by atoms with Crippen LogP contribution in [0.2, 0.25) is 0 Å². The zero-order valence-corrected chi connectivity index (χ0v) is 23.3. The molecule has 0 radical (unpaired) electrons. The van der Waals surface area contributed by atoms with Crippen LogP contribution in [0.15, 0.2) is 78.9 Å². The van der Waals surface area contributed by atoms with E-state index in [0.717, 1.165) is 22.3 Å². The number of rotatable bonds is 12. The smallest absolute Gasteiger partial charge is 0.303 e. The highest BCUT2D eigenvalue weighted by atomic mass is 16.7. The topological polar surface area (TPSA) is 129 Å². The Morgan fingerprint density at radius 3 is 2.24 bits per heavy atom.